The molecule has 1 heterocycles. The Morgan fingerprint density at radius 3 is 1.86 bits per heavy atom. The molecule has 0 aliphatic heterocycles. The number of thiophene rings is 1. The molecule has 0 radical (unpaired) electrons. The third kappa shape index (κ3) is 8.35. The maximum atomic E-state index is 13.3. The van der Waals surface area contributed by atoms with E-state index in [-0.39, 0.29) is 12.3 Å². The Bertz CT molecular complexity index is 1220. The van der Waals surface area contributed by atoms with E-state index in [1.807, 2.05) is 102 Å². The molecule has 0 fully saturated rings. The first-order valence-electron chi connectivity index (χ1n) is 10.5. The molecule has 0 aliphatic rings. The Kier molecular flexibility index (Phi) is 12.3. The van der Waals surface area contributed by atoms with Crippen LogP contribution >= 0.6 is 21.0 Å². The van der Waals surface area contributed by atoms with Gasteiger partial charge in [-0.15, -0.1) is 18.6 Å². The predicted octanol–water partition coefficient (Wildman–Crippen LogP) is 8.31. The Labute approximate surface area is 227 Å². The van der Waals surface area contributed by atoms with Crippen molar-refractivity contribution in [2.24, 2.45) is 0 Å². The first kappa shape index (κ1) is 29.4. The molecule has 0 N–H and O–H groups in total. The molecule has 0 unspecified atom stereocenters. The molecule has 0 amide bonds. The van der Waals surface area contributed by atoms with E-state index < -0.39 is 22.1 Å². The van der Waals surface area contributed by atoms with Gasteiger partial charge in [-0.2, -0.15) is 11.3 Å². The standard InChI is InChI=1S/C26H24N2O2S2.CH3.ClH.Ru/c1-20-14-16-24(17-15-20)32(29,30)28-26(22-11-6-3-7-12-22)25(21-9-4-2-5-10-21)27-19-23-13-8-18-31-23;;;/h2-18,25-26H,19H2,1H3;1H3;1H;/q-2;-1;;+4/p-1/t25-,26-;;;/m1.../s1. The van der Waals surface area contributed by atoms with Crippen LogP contribution in [0.5, 0.6) is 0 Å². The van der Waals surface area contributed by atoms with Crippen molar-refractivity contribution in [3.63, 3.8) is 0 Å². The first-order valence-corrected chi connectivity index (χ1v) is 15.0. The van der Waals surface area contributed by atoms with Gasteiger partial charge in [0.15, 0.2) is 0 Å². The number of benzene rings is 3. The van der Waals surface area contributed by atoms with Gasteiger partial charge in [-0.05, 0) is 29.3 Å². The summed E-state index contributed by atoms with van der Waals surface area (Å²) in [4.78, 5) is 1.31. The van der Waals surface area contributed by atoms with Crippen molar-refractivity contribution in [1.29, 1.82) is 0 Å². The molecule has 4 rings (SSSR count). The Morgan fingerprint density at radius 1 is 0.800 bits per heavy atom. The number of hydrogen-bond donors (Lipinski definition) is 0. The van der Waals surface area contributed by atoms with Crippen molar-refractivity contribution < 1.29 is 25.7 Å². The van der Waals surface area contributed by atoms with Crippen molar-refractivity contribution in [3.05, 3.63) is 141 Å². The van der Waals surface area contributed by atoms with E-state index in [1.165, 1.54) is 0 Å². The second-order valence-corrected chi connectivity index (χ2v) is 10.2. The van der Waals surface area contributed by atoms with Crippen LogP contribution in [-0.2, 0) is 33.9 Å². The van der Waals surface area contributed by atoms with E-state index in [2.05, 4.69) is 14.4 Å². The van der Waals surface area contributed by atoms with Crippen molar-refractivity contribution >= 4 is 31.1 Å². The van der Waals surface area contributed by atoms with E-state index in [1.54, 1.807) is 35.6 Å². The van der Waals surface area contributed by atoms with Crippen molar-refractivity contribution in [3.8, 4) is 0 Å². The summed E-state index contributed by atoms with van der Waals surface area (Å²) in [5.41, 5.74) is 2.74. The molecule has 35 heavy (non-hydrogen) atoms. The van der Waals surface area contributed by atoms with Crippen LogP contribution in [0, 0.1) is 14.4 Å². The number of rotatable bonds is 9. The minimum absolute atomic E-state index is 0. The van der Waals surface area contributed by atoms with E-state index in [4.69, 9.17) is 5.32 Å². The molecule has 0 aliphatic carbocycles. The normalized spacial score (nSPS) is 12.5. The summed E-state index contributed by atoms with van der Waals surface area (Å²) in [5, 5.41) is 6.97. The summed E-state index contributed by atoms with van der Waals surface area (Å²) in [6.07, 6.45) is 0. The molecule has 8 heteroatoms. The third-order valence-corrected chi connectivity index (χ3v) is 7.41. The molecule has 4 nitrogen and oxygen atoms in total. The van der Waals surface area contributed by atoms with Gasteiger partial charge in [-0.1, -0.05) is 102 Å². The molecule has 0 saturated carbocycles. The molecule has 4 aromatic rings. The average molecular weight is 612 g/mol. The Hall–Kier alpha value is -1.86. The molecule has 0 spiro atoms. The molecule has 0 bridgehead atoms. The fraction of sp³-hybridized carbons (Fsp3) is 0.148. The van der Waals surface area contributed by atoms with Gasteiger partial charge >= 0.3 is 27.0 Å². The van der Waals surface area contributed by atoms with Gasteiger partial charge in [0.1, 0.15) is 10.0 Å². The minimum atomic E-state index is -3.88. The monoisotopic (exact) mass is 612 g/mol. The molecular weight excluding hydrogens is 585 g/mol. The molecule has 2 atom stereocenters. The SMILES string of the molecule is Cc1ccc(S(=O)(=O)[N-][C@H](c2ccccc2)[C@H]([N-]Cc2cccs2)c2ccccc2)cc1.[CH3-].[Cl][Ru+3]. The Balaban J connectivity index is 0.00000140. The molecule has 1 aromatic heterocycles. The zero-order valence-electron chi connectivity index (χ0n) is 19.4. The summed E-state index contributed by atoms with van der Waals surface area (Å²) in [6, 6.07) is 29.0. The van der Waals surface area contributed by atoms with Crippen LogP contribution in [0.25, 0.3) is 10.0 Å². The molecule has 0 saturated heterocycles. The predicted molar refractivity (Wildman–Crippen MR) is 144 cm³/mol. The van der Waals surface area contributed by atoms with Crippen LogP contribution in [0.1, 0.15) is 33.7 Å². The van der Waals surface area contributed by atoms with Crippen LogP contribution in [0.3, 0.4) is 0 Å². The Morgan fingerprint density at radius 2 is 1.34 bits per heavy atom. The topological polar surface area (TPSA) is 62.3 Å². The maximum absolute atomic E-state index is 13.3. The van der Waals surface area contributed by atoms with Gasteiger partial charge in [0, 0.05) is 4.90 Å². The van der Waals surface area contributed by atoms with Crippen LogP contribution in [-0.4, -0.2) is 8.42 Å². The number of aryl methyl sites for hydroxylation is 1. The molecule has 3 aromatic carbocycles. The van der Waals surface area contributed by atoms with Crippen LogP contribution < -0.4 is 0 Å². The van der Waals surface area contributed by atoms with Gasteiger partial charge in [-0.3, -0.25) is 0 Å². The summed E-state index contributed by atoms with van der Waals surface area (Å²) in [6.45, 7) is 2.43. The van der Waals surface area contributed by atoms with Gasteiger partial charge < -0.3 is 17.5 Å². The van der Waals surface area contributed by atoms with Crippen molar-refractivity contribution in [2.75, 3.05) is 0 Å². The second-order valence-electron chi connectivity index (χ2n) is 7.52. The third-order valence-electron chi connectivity index (χ3n) is 5.18. The summed E-state index contributed by atoms with van der Waals surface area (Å²) < 4.78 is 31.0. The van der Waals surface area contributed by atoms with Gasteiger partial charge in [0.2, 0.25) is 0 Å². The van der Waals surface area contributed by atoms with Crippen molar-refractivity contribution in [1.82, 2.24) is 0 Å². The van der Waals surface area contributed by atoms with E-state index in [0.717, 1.165) is 21.6 Å². The number of nitrogens with zero attached hydrogens (tertiary/aromatic N) is 2. The van der Waals surface area contributed by atoms with Crippen LogP contribution in [0.15, 0.2) is 107 Å². The van der Waals surface area contributed by atoms with Gasteiger partial charge in [0.05, 0.1) is 0 Å². The fourth-order valence-electron chi connectivity index (χ4n) is 3.50. The zero-order valence-corrected chi connectivity index (χ0v) is 23.6. The number of hydrogen-bond acceptors (Lipinski definition) is 3. The van der Waals surface area contributed by atoms with Crippen LogP contribution in [0.2, 0.25) is 0 Å². The quantitative estimate of drug-likeness (QED) is 0.141. The zero-order chi connectivity index (χ0) is 24.4. The van der Waals surface area contributed by atoms with Crippen molar-refractivity contribution in [2.45, 2.75) is 30.4 Å². The number of sulfonamides is 1. The number of halogens is 1. The van der Waals surface area contributed by atoms with E-state index in [9.17, 15) is 8.42 Å². The average Bonchev–Trinajstić information content (AvgIpc) is 3.40. The van der Waals surface area contributed by atoms with Gasteiger partial charge in [-0.25, -0.2) is 8.42 Å². The summed E-state index contributed by atoms with van der Waals surface area (Å²) in [5.74, 6) is 0. The van der Waals surface area contributed by atoms with Gasteiger partial charge in [0.25, 0.3) is 0 Å². The van der Waals surface area contributed by atoms with E-state index >= 15 is 0 Å². The fourth-order valence-corrected chi connectivity index (χ4v) is 5.28. The van der Waals surface area contributed by atoms with Crippen LogP contribution in [0.4, 0.5) is 0 Å². The second kappa shape index (κ2) is 14.6. The summed E-state index contributed by atoms with van der Waals surface area (Å²) >= 11 is 3.46. The molecule has 184 valence electrons. The van der Waals surface area contributed by atoms with E-state index in [0.29, 0.717) is 6.54 Å². The molecular formula is C27H27ClN2O2RuS2. The first-order chi connectivity index (χ1) is 16.5. The summed E-state index contributed by atoms with van der Waals surface area (Å²) in [7, 11) is 0.687.